The molecule has 1 saturated heterocycles. The van der Waals surface area contributed by atoms with Crippen LogP contribution in [0.3, 0.4) is 0 Å². The van der Waals surface area contributed by atoms with E-state index in [4.69, 9.17) is 0 Å². The van der Waals surface area contributed by atoms with Gasteiger partial charge in [0.15, 0.2) is 0 Å². The van der Waals surface area contributed by atoms with Gasteiger partial charge in [0.1, 0.15) is 10.9 Å². The number of carbonyl (C=O) groups excluding carboxylic acids is 2. The summed E-state index contributed by atoms with van der Waals surface area (Å²) in [7, 11) is 0. The average molecular weight is 343 g/mol. The minimum absolute atomic E-state index is 0.00636. The van der Waals surface area contributed by atoms with Gasteiger partial charge in [0.25, 0.3) is 5.91 Å². The molecule has 1 fully saturated rings. The number of nitrogens with one attached hydrogen (secondary N) is 1. The van der Waals surface area contributed by atoms with Crippen LogP contribution in [-0.4, -0.2) is 40.8 Å². The number of benzene rings is 1. The van der Waals surface area contributed by atoms with Crippen LogP contribution in [0.1, 0.15) is 33.8 Å². The lowest BCUT2D eigenvalue weighted by atomic mass is 10.0. The van der Waals surface area contributed by atoms with Crippen molar-refractivity contribution in [2.45, 2.75) is 32.2 Å². The number of hydrogen-bond donors (Lipinski definition) is 1. The van der Waals surface area contributed by atoms with Crippen molar-refractivity contribution in [2.75, 3.05) is 13.1 Å². The number of carbonyl (C=O) groups is 2. The van der Waals surface area contributed by atoms with Gasteiger partial charge < -0.3 is 10.2 Å². The largest absolute Gasteiger partial charge is 0.341 e. The zero-order valence-corrected chi connectivity index (χ0v) is 14.5. The van der Waals surface area contributed by atoms with Crippen molar-refractivity contribution in [3.63, 3.8) is 0 Å². The highest BCUT2D eigenvalue weighted by molar-refractivity contribution is 7.11. The van der Waals surface area contributed by atoms with Gasteiger partial charge in [-0.2, -0.15) is 0 Å². The highest BCUT2D eigenvalue weighted by atomic mass is 32.1. The number of hydrogen-bond acceptors (Lipinski definition) is 4. The topological polar surface area (TPSA) is 62.3 Å². The fourth-order valence-corrected chi connectivity index (χ4v) is 3.66. The Morgan fingerprint density at radius 1 is 1.25 bits per heavy atom. The average Bonchev–Trinajstić information content (AvgIpc) is 3.26. The van der Waals surface area contributed by atoms with E-state index >= 15 is 0 Å². The van der Waals surface area contributed by atoms with Crippen molar-refractivity contribution in [3.05, 3.63) is 52.0 Å². The zero-order valence-electron chi connectivity index (χ0n) is 13.7. The highest BCUT2D eigenvalue weighted by Crippen LogP contribution is 2.15. The van der Waals surface area contributed by atoms with Crippen LogP contribution in [0.15, 0.2) is 35.8 Å². The summed E-state index contributed by atoms with van der Waals surface area (Å²) in [5.74, 6) is -0.213. The summed E-state index contributed by atoms with van der Waals surface area (Å²) < 4.78 is 0. The van der Waals surface area contributed by atoms with E-state index < -0.39 is 6.04 Å². The zero-order chi connectivity index (χ0) is 16.9. The molecule has 1 unspecified atom stereocenters. The van der Waals surface area contributed by atoms with Crippen molar-refractivity contribution in [1.29, 1.82) is 0 Å². The quantitative estimate of drug-likeness (QED) is 0.907. The standard InChI is InChI=1S/C18H21N3O2S/c1-13-16(24-12-19-13)17(22)20-15(11-14-7-3-2-4-8-14)18(23)21-9-5-6-10-21/h2-4,7-8,12,15H,5-6,9-11H2,1H3,(H,20,22). The summed E-state index contributed by atoms with van der Waals surface area (Å²) in [4.78, 5) is 31.9. The monoisotopic (exact) mass is 343 g/mol. The smallest absolute Gasteiger partial charge is 0.263 e. The molecule has 1 aliphatic heterocycles. The summed E-state index contributed by atoms with van der Waals surface area (Å²) in [6, 6.07) is 9.26. The molecule has 2 amide bonds. The Morgan fingerprint density at radius 2 is 1.96 bits per heavy atom. The maximum atomic E-state index is 12.8. The van der Waals surface area contributed by atoms with E-state index in [1.807, 2.05) is 35.2 Å². The molecule has 0 bridgehead atoms. The van der Waals surface area contributed by atoms with Crippen molar-refractivity contribution in [1.82, 2.24) is 15.2 Å². The number of thiazole rings is 1. The summed E-state index contributed by atoms with van der Waals surface area (Å²) in [6.07, 6.45) is 2.57. The summed E-state index contributed by atoms with van der Waals surface area (Å²) in [6.45, 7) is 3.36. The van der Waals surface area contributed by atoms with Gasteiger partial charge in [0, 0.05) is 19.5 Å². The summed E-state index contributed by atoms with van der Waals surface area (Å²) in [5.41, 5.74) is 3.39. The molecule has 0 saturated carbocycles. The maximum Gasteiger partial charge on any atom is 0.263 e. The molecule has 1 aromatic carbocycles. The third-order valence-corrected chi connectivity index (χ3v) is 5.18. The van der Waals surface area contributed by atoms with Gasteiger partial charge >= 0.3 is 0 Å². The maximum absolute atomic E-state index is 12.8. The first kappa shape index (κ1) is 16.6. The minimum Gasteiger partial charge on any atom is -0.341 e. The predicted octanol–water partition coefficient (Wildman–Crippen LogP) is 2.42. The SMILES string of the molecule is Cc1ncsc1C(=O)NC(Cc1ccccc1)C(=O)N1CCCC1. The molecule has 126 valence electrons. The van der Waals surface area contributed by atoms with E-state index in [0.717, 1.165) is 31.5 Å². The van der Waals surface area contributed by atoms with Crippen molar-refractivity contribution in [3.8, 4) is 0 Å². The van der Waals surface area contributed by atoms with Crippen LogP contribution >= 0.6 is 11.3 Å². The van der Waals surface area contributed by atoms with Crippen LogP contribution in [-0.2, 0) is 11.2 Å². The Labute approximate surface area is 145 Å². The van der Waals surface area contributed by atoms with Crippen LogP contribution in [0.25, 0.3) is 0 Å². The van der Waals surface area contributed by atoms with E-state index in [9.17, 15) is 9.59 Å². The molecular weight excluding hydrogens is 322 g/mol. The number of aromatic nitrogens is 1. The first-order chi connectivity index (χ1) is 11.6. The van der Waals surface area contributed by atoms with Gasteiger partial charge in [0.05, 0.1) is 11.2 Å². The molecule has 6 heteroatoms. The van der Waals surface area contributed by atoms with E-state index in [1.165, 1.54) is 11.3 Å². The molecule has 1 aromatic heterocycles. The van der Waals surface area contributed by atoms with Crippen LogP contribution in [0.2, 0.25) is 0 Å². The van der Waals surface area contributed by atoms with Crippen LogP contribution < -0.4 is 5.32 Å². The van der Waals surface area contributed by atoms with Crippen molar-refractivity contribution in [2.24, 2.45) is 0 Å². The molecule has 0 aliphatic carbocycles. The Kier molecular flexibility index (Phi) is 5.25. The molecule has 2 aromatic rings. The van der Waals surface area contributed by atoms with Gasteiger partial charge in [-0.25, -0.2) is 4.98 Å². The molecule has 24 heavy (non-hydrogen) atoms. The molecule has 1 N–H and O–H groups in total. The Morgan fingerprint density at radius 3 is 2.58 bits per heavy atom. The van der Waals surface area contributed by atoms with Gasteiger partial charge in [-0.15, -0.1) is 11.3 Å². The lowest BCUT2D eigenvalue weighted by Gasteiger charge is -2.24. The van der Waals surface area contributed by atoms with Gasteiger partial charge in [-0.05, 0) is 25.3 Å². The lowest BCUT2D eigenvalue weighted by Crippen LogP contribution is -2.49. The molecule has 3 rings (SSSR count). The lowest BCUT2D eigenvalue weighted by molar-refractivity contribution is -0.132. The molecule has 1 aliphatic rings. The van der Waals surface area contributed by atoms with Crippen LogP contribution in [0.5, 0.6) is 0 Å². The molecule has 0 radical (unpaired) electrons. The normalized spacial score (nSPS) is 15.3. The number of rotatable bonds is 5. The van der Waals surface area contributed by atoms with Gasteiger partial charge in [-0.1, -0.05) is 30.3 Å². The first-order valence-corrected chi connectivity index (χ1v) is 9.07. The second kappa shape index (κ2) is 7.57. The van der Waals surface area contributed by atoms with E-state index in [0.29, 0.717) is 17.0 Å². The second-order valence-corrected chi connectivity index (χ2v) is 6.87. The third kappa shape index (κ3) is 3.82. The van der Waals surface area contributed by atoms with Crippen LogP contribution in [0, 0.1) is 6.92 Å². The Bertz CT molecular complexity index is 708. The summed E-state index contributed by atoms with van der Waals surface area (Å²) in [5, 5.41) is 2.93. The predicted molar refractivity (Wildman–Crippen MR) is 94.1 cm³/mol. The van der Waals surface area contributed by atoms with Gasteiger partial charge in [0.2, 0.25) is 5.91 Å². The molecule has 1 atom stereocenters. The second-order valence-electron chi connectivity index (χ2n) is 6.02. The Hall–Kier alpha value is -2.21. The fourth-order valence-electron chi connectivity index (χ4n) is 2.95. The number of aryl methyl sites for hydroxylation is 1. The fraction of sp³-hybridized carbons (Fsp3) is 0.389. The molecule has 5 nitrogen and oxygen atoms in total. The first-order valence-electron chi connectivity index (χ1n) is 8.19. The van der Waals surface area contributed by atoms with E-state index in [-0.39, 0.29) is 11.8 Å². The third-order valence-electron chi connectivity index (χ3n) is 4.26. The van der Waals surface area contributed by atoms with Crippen LogP contribution in [0.4, 0.5) is 0 Å². The van der Waals surface area contributed by atoms with E-state index in [2.05, 4.69) is 10.3 Å². The molecular formula is C18H21N3O2S. The Balaban J connectivity index is 1.77. The highest BCUT2D eigenvalue weighted by Gasteiger charge is 2.29. The molecule has 0 spiro atoms. The number of likely N-dealkylation sites (tertiary alicyclic amines) is 1. The minimum atomic E-state index is -0.542. The molecule has 2 heterocycles. The summed E-state index contributed by atoms with van der Waals surface area (Å²) >= 11 is 1.30. The number of amides is 2. The van der Waals surface area contributed by atoms with Crippen molar-refractivity contribution >= 4 is 23.2 Å². The number of nitrogens with zero attached hydrogens (tertiary/aromatic N) is 2. The van der Waals surface area contributed by atoms with E-state index in [1.54, 1.807) is 12.4 Å². The van der Waals surface area contributed by atoms with Crippen molar-refractivity contribution < 1.29 is 9.59 Å². The van der Waals surface area contributed by atoms with Gasteiger partial charge in [-0.3, -0.25) is 9.59 Å².